The van der Waals surface area contributed by atoms with Crippen molar-refractivity contribution in [3.05, 3.63) is 81.8 Å². The molecule has 160 valence electrons. The van der Waals surface area contributed by atoms with Crippen LogP contribution in [0.25, 0.3) is 28.0 Å². The van der Waals surface area contributed by atoms with Crippen molar-refractivity contribution in [1.29, 1.82) is 0 Å². The van der Waals surface area contributed by atoms with Crippen molar-refractivity contribution in [2.24, 2.45) is 0 Å². The minimum absolute atomic E-state index is 0.325. The van der Waals surface area contributed by atoms with Crippen LogP contribution in [0.5, 0.6) is 0 Å². The molecule has 6 nitrogen and oxygen atoms in total. The van der Waals surface area contributed by atoms with E-state index in [1.165, 1.54) is 21.7 Å². The summed E-state index contributed by atoms with van der Waals surface area (Å²) >= 11 is 7.94. The summed E-state index contributed by atoms with van der Waals surface area (Å²) in [5, 5.41) is 11.0. The van der Waals surface area contributed by atoms with Gasteiger partial charge in [0.1, 0.15) is 11.6 Å². The van der Waals surface area contributed by atoms with Crippen molar-refractivity contribution in [3.8, 4) is 16.9 Å². The molecule has 3 aromatic heterocycles. The second-order valence-corrected chi connectivity index (χ2v) is 8.61. The molecule has 0 bridgehead atoms. The number of nitrogens with one attached hydrogen (secondary N) is 1. The van der Waals surface area contributed by atoms with Gasteiger partial charge in [0.2, 0.25) is 5.95 Å². The van der Waals surface area contributed by atoms with Gasteiger partial charge >= 0.3 is 0 Å². The molecule has 0 aliphatic rings. The van der Waals surface area contributed by atoms with E-state index in [4.69, 9.17) is 22.3 Å². The molecule has 9 heteroatoms. The second kappa shape index (κ2) is 8.57. The number of nitrogens with zero attached hydrogens (tertiary/aromatic N) is 4. The van der Waals surface area contributed by atoms with Gasteiger partial charge in [-0.1, -0.05) is 35.9 Å². The summed E-state index contributed by atoms with van der Waals surface area (Å²) in [6.45, 7) is 0.668. The normalized spacial score (nSPS) is 11.2. The number of rotatable bonds is 6. The predicted octanol–water partition coefficient (Wildman–Crippen LogP) is 5.57. The fourth-order valence-corrected chi connectivity index (χ4v) is 4.39. The van der Waals surface area contributed by atoms with E-state index >= 15 is 0 Å². The molecule has 0 aliphatic heterocycles. The molecule has 3 heterocycles. The third-order valence-electron chi connectivity index (χ3n) is 4.95. The van der Waals surface area contributed by atoms with Crippen molar-refractivity contribution in [3.63, 3.8) is 0 Å². The van der Waals surface area contributed by atoms with Crippen molar-refractivity contribution in [2.45, 2.75) is 6.42 Å². The highest BCUT2D eigenvalue weighted by Crippen LogP contribution is 2.33. The molecular formula is C23H18ClFN6S. The molecule has 5 aromatic rings. The summed E-state index contributed by atoms with van der Waals surface area (Å²) in [6, 6.07) is 17.6. The lowest BCUT2D eigenvalue weighted by molar-refractivity contribution is 0.625. The van der Waals surface area contributed by atoms with Crippen LogP contribution in [0.15, 0.2) is 66.0 Å². The van der Waals surface area contributed by atoms with Gasteiger partial charge in [0.25, 0.3) is 0 Å². The van der Waals surface area contributed by atoms with Crippen LogP contribution in [0.1, 0.15) is 4.88 Å². The smallest absolute Gasteiger partial charge is 0.225 e. The molecule has 0 atom stereocenters. The van der Waals surface area contributed by atoms with Crippen LogP contribution in [0.2, 0.25) is 5.02 Å². The van der Waals surface area contributed by atoms with Gasteiger partial charge in [0.15, 0.2) is 5.65 Å². The van der Waals surface area contributed by atoms with E-state index in [1.807, 2.05) is 24.3 Å². The van der Waals surface area contributed by atoms with Gasteiger partial charge in [0.05, 0.1) is 16.8 Å². The van der Waals surface area contributed by atoms with Crippen LogP contribution in [-0.2, 0) is 6.42 Å². The van der Waals surface area contributed by atoms with E-state index in [1.54, 1.807) is 29.5 Å². The maximum Gasteiger partial charge on any atom is 0.225 e. The largest absolute Gasteiger partial charge is 0.383 e. The zero-order valence-corrected chi connectivity index (χ0v) is 18.4. The first-order valence-corrected chi connectivity index (χ1v) is 11.2. The highest BCUT2D eigenvalue weighted by molar-refractivity contribution is 7.09. The number of hydrogen-bond donors (Lipinski definition) is 2. The summed E-state index contributed by atoms with van der Waals surface area (Å²) in [4.78, 5) is 10.6. The first-order chi connectivity index (χ1) is 15.6. The van der Waals surface area contributed by atoms with E-state index in [-0.39, 0.29) is 5.82 Å². The van der Waals surface area contributed by atoms with E-state index in [2.05, 4.69) is 26.8 Å². The number of thiophene rings is 1. The predicted molar refractivity (Wildman–Crippen MR) is 128 cm³/mol. The quantitative estimate of drug-likeness (QED) is 0.343. The average Bonchev–Trinajstić information content (AvgIpc) is 3.41. The Bertz CT molecular complexity index is 1400. The number of fused-ring (bicyclic) bond motifs is 1. The van der Waals surface area contributed by atoms with E-state index in [9.17, 15) is 4.39 Å². The number of benzene rings is 2. The Hall–Kier alpha value is -3.49. The van der Waals surface area contributed by atoms with Crippen LogP contribution in [0.4, 0.5) is 16.2 Å². The zero-order valence-electron chi connectivity index (χ0n) is 16.8. The van der Waals surface area contributed by atoms with Crippen molar-refractivity contribution >= 4 is 45.7 Å². The average molecular weight is 465 g/mol. The summed E-state index contributed by atoms with van der Waals surface area (Å²) in [5.74, 6) is 0.386. The number of hydrogen-bond acceptors (Lipinski definition) is 6. The molecule has 5 rings (SSSR count). The molecule has 0 fully saturated rings. The minimum Gasteiger partial charge on any atom is -0.383 e. The van der Waals surface area contributed by atoms with Crippen LogP contribution in [-0.4, -0.2) is 26.3 Å². The Morgan fingerprint density at radius 2 is 1.94 bits per heavy atom. The lowest BCUT2D eigenvalue weighted by Gasteiger charge is -2.09. The van der Waals surface area contributed by atoms with Crippen molar-refractivity contribution in [1.82, 2.24) is 19.7 Å². The molecule has 32 heavy (non-hydrogen) atoms. The summed E-state index contributed by atoms with van der Waals surface area (Å²) in [5.41, 5.74) is 8.77. The van der Waals surface area contributed by atoms with E-state index < -0.39 is 0 Å². The van der Waals surface area contributed by atoms with Gasteiger partial charge in [0, 0.05) is 22.0 Å². The highest BCUT2D eigenvalue weighted by Gasteiger charge is 2.19. The monoisotopic (exact) mass is 464 g/mol. The van der Waals surface area contributed by atoms with Gasteiger partial charge < -0.3 is 11.1 Å². The van der Waals surface area contributed by atoms with Gasteiger partial charge in [-0.3, -0.25) is 0 Å². The topological polar surface area (TPSA) is 81.7 Å². The van der Waals surface area contributed by atoms with E-state index in [0.29, 0.717) is 45.7 Å². The first kappa shape index (κ1) is 20.4. The molecule has 2 aromatic carbocycles. The maximum atomic E-state index is 13.8. The van der Waals surface area contributed by atoms with Crippen LogP contribution < -0.4 is 11.1 Å². The molecule has 0 saturated heterocycles. The number of anilines is 2. The molecule has 0 aliphatic carbocycles. The first-order valence-electron chi connectivity index (χ1n) is 9.93. The van der Waals surface area contributed by atoms with Crippen molar-refractivity contribution in [2.75, 3.05) is 17.6 Å². The summed E-state index contributed by atoms with van der Waals surface area (Å²) < 4.78 is 15.3. The lowest BCUT2D eigenvalue weighted by atomic mass is 10.1. The third-order valence-corrected chi connectivity index (χ3v) is 6.13. The van der Waals surface area contributed by atoms with Crippen LogP contribution in [0.3, 0.4) is 0 Å². The number of nitrogen functional groups attached to an aromatic ring is 1. The lowest BCUT2D eigenvalue weighted by Crippen LogP contribution is -2.08. The third kappa shape index (κ3) is 4.02. The van der Waals surface area contributed by atoms with Gasteiger partial charge in [-0.15, -0.1) is 16.4 Å². The molecule has 0 unspecified atom stereocenters. The summed E-state index contributed by atoms with van der Waals surface area (Å²) in [6.07, 6.45) is 0.853. The Kier molecular flexibility index (Phi) is 5.46. The summed E-state index contributed by atoms with van der Waals surface area (Å²) in [7, 11) is 0. The Morgan fingerprint density at radius 1 is 1.06 bits per heavy atom. The maximum absolute atomic E-state index is 13.8. The standard InChI is InChI=1S/C23H18ClFN6S/c24-15-5-1-4-14(12-15)20-19-21(26)31(17-7-2-6-16(25)13-17)30-22(19)29-23(28-20)27-10-9-18-8-3-11-32-18/h1-8,11-13H,9-10,26H2,(H,27,29,30). The number of nitrogens with two attached hydrogens (primary N) is 1. The number of halogens is 2. The fourth-order valence-electron chi connectivity index (χ4n) is 3.49. The molecule has 0 saturated carbocycles. The molecule has 0 radical (unpaired) electrons. The molecule has 3 N–H and O–H groups in total. The Balaban J connectivity index is 1.61. The van der Waals surface area contributed by atoms with Gasteiger partial charge in [-0.05, 0) is 48.2 Å². The SMILES string of the molecule is Nc1c2c(-c3cccc(Cl)c3)nc(NCCc3cccs3)nc2nn1-c1cccc(F)c1. The minimum atomic E-state index is -0.376. The van der Waals surface area contributed by atoms with Crippen LogP contribution in [0, 0.1) is 5.82 Å². The molecule has 0 amide bonds. The molecule has 0 spiro atoms. The fraction of sp³-hybridized carbons (Fsp3) is 0.0870. The van der Waals surface area contributed by atoms with Crippen molar-refractivity contribution < 1.29 is 4.39 Å². The zero-order chi connectivity index (χ0) is 22.1. The van der Waals surface area contributed by atoms with Crippen LogP contribution >= 0.6 is 22.9 Å². The Morgan fingerprint density at radius 3 is 2.72 bits per heavy atom. The molecular weight excluding hydrogens is 447 g/mol. The van der Waals surface area contributed by atoms with Gasteiger partial charge in [-0.25, -0.2) is 14.1 Å². The van der Waals surface area contributed by atoms with E-state index in [0.717, 1.165) is 12.0 Å². The Labute approximate surface area is 192 Å². The van der Waals surface area contributed by atoms with Gasteiger partial charge in [-0.2, -0.15) is 4.98 Å². The second-order valence-electron chi connectivity index (χ2n) is 7.14. The highest BCUT2D eigenvalue weighted by atomic mass is 35.5. The number of aromatic nitrogens is 4.